The molecule has 0 N–H and O–H groups in total. The van der Waals surface area contributed by atoms with Gasteiger partial charge in [0.15, 0.2) is 0 Å². The minimum absolute atomic E-state index is 0.0545. The lowest BCUT2D eigenvalue weighted by Crippen LogP contribution is -2.62. The summed E-state index contributed by atoms with van der Waals surface area (Å²) in [5.41, 5.74) is 5.07. The van der Waals surface area contributed by atoms with Gasteiger partial charge in [-0.05, 0) is 65.3 Å². The van der Waals surface area contributed by atoms with Crippen molar-refractivity contribution in [1.82, 2.24) is 0 Å². The van der Waals surface area contributed by atoms with Crippen LogP contribution in [0.1, 0.15) is 72.4 Å². The van der Waals surface area contributed by atoms with Crippen molar-refractivity contribution in [2.45, 2.75) is 145 Å². The Hall–Kier alpha value is -6.11. The first-order valence-electron chi connectivity index (χ1n) is 28.7. The third-order valence-electron chi connectivity index (χ3n) is 15.3. The predicted octanol–water partition coefficient (Wildman–Crippen LogP) is 11.5. The SMILES string of the molecule is COC(=O)C[C@@H]1O[C@@H]2C[C@H](OCc3ccccc3)[C@@H](COCc3ccccc3)O[C@@]2(C)[C@H](OCc2ccccc2)C[C@H]1O[C@H]1/C=C\C[C@@H](OCc2ccccc2)[C@H](COCc2ccccc2)O[C@@H]1CCOCOCc1ccc(OC)cc1. The minimum atomic E-state index is -1.08. The molecule has 3 heterocycles. The highest BCUT2D eigenvalue weighted by molar-refractivity contribution is 5.69. The first-order chi connectivity index (χ1) is 40.3. The fourth-order valence-corrected chi connectivity index (χ4v) is 10.7. The van der Waals surface area contributed by atoms with Crippen molar-refractivity contribution in [1.29, 1.82) is 0 Å². The number of hydrogen-bond acceptors (Lipinski definition) is 14. The maximum absolute atomic E-state index is 13.7. The molecule has 14 heteroatoms. The van der Waals surface area contributed by atoms with Gasteiger partial charge in [-0.2, -0.15) is 0 Å². The summed E-state index contributed by atoms with van der Waals surface area (Å²) >= 11 is 0. The topological polar surface area (TPSA) is 137 Å². The highest BCUT2D eigenvalue weighted by Crippen LogP contribution is 2.44. The molecule has 0 saturated carbocycles. The van der Waals surface area contributed by atoms with E-state index in [-0.39, 0.29) is 52.2 Å². The molecule has 0 unspecified atom stereocenters. The zero-order valence-electron chi connectivity index (χ0n) is 47.5. The van der Waals surface area contributed by atoms with Crippen LogP contribution in [0.25, 0.3) is 0 Å². The van der Waals surface area contributed by atoms with Crippen LogP contribution < -0.4 is 4.74 Å². The number of ether oxygens (including phenoxy) is 13. The van der Waals surface area contributed by atoms with Gasteiger partial charge in [-0.15, -0.1) is 0 Å². The van der Waals surface area contributed by atoms with Gasteiger partial charge in [0.1, 0.15) is 36.5 Å². The average molecular weight is 1120 g/mol. The zero-order valence-corrected chi connectivity index (χ0v) is 47.5. The standard InChI is InChI=1S/C68H80O14/c1-68-65(78-46-54-28-17-8-18-29-54)39-61(62(40-67(69)71-3)81-66(68)38-60(77-45-53-26-15-7-16-27-53)64(82-68)48-74-42-51-22-11-5-12-23-51)79-58-31-19-30-57(76-44-52-24-13-6-14-25-52)63(47-73-41-50-20-9-4-10-21-50)80-59(58)36-37-72-49-75-43-55-32-34-56(70-2)35-33-55/h4-29,31-35,57-66H,30,36-49H2,1-3H3/b31-19-/t57-,58+,59-,60+,61-,62+,63+,64-,65-,66-,68+/m1/s1. The Bertz CT molecular complexity index is 2760. The van der Waals surface area contributed by atoms with Gasteiger partial charge >= 0.3 is 5.97 Å². The van der Waals surface area contributed by atoms with Crippen LogP contribution in [0.3, 0.4) is 0 Å². The fourth-order valence-electron chi connectivity index (χ4n) is 10.7. The molecule has 0 aromatic heterocycles. The monoisotopic (exact) mass is 1120 g/mol. The van der Waals surface area contributed by atoms with Gasteiger partial charge in [0.2, 0.25) is 0 Å². The van der Waals surface area contributed by atoms with Gasteiger partial charge in [0, 0.05) is 12.8 Å². The first-order valence-corrected chi connectivity index (χ1v) is 28.7. The van der Waals surface area contributed by atoms with Crippen molar-refractivity contribution in [3.05, 3.63) is 221 Å². The molecule has 0 amide bonds. The zero-order chi connectivity index (χ0) is 56.6. The van der Waals surface area contributed by atoms with Crippen molar-refractivity contribution < 1.29 is 66.4 Å². The van der Waals surface area contributed by atoms with E-state index >= 15 is 0 Å². The van der Waals surface area contributed by atoms with Crippen LogP contribution in [0.4, 0.5) is 0 Å². The fraction of sp³-hybridized carbons (Fsp3) is 0.426. The predicted molar refractivity (Wildman–Crippen MR) is 309 cm³/mol. The van der Waals surface area contributed by atoms with Gasteiger partial charge in [-0.25, -0.2) is 0 Å². The molecule has 0 aliphatic carbocycles. The van der Waals surface area contributed by atoms with E-state index in [1.165, 1.54) is 7.11 Å². The molecule has 6 aromatic carbocycles. The summed E-state index contributed by atoms with van der Waals surface area (Å²) in [6.45, 7) is 5.04. The largest absolute Gasteiger partial charge is 0.497 e. The summed E-state index contributed by atoms with van der Waals surface area (Å²) in [5.74, 6) is 0.333. The van der Waals surface area contributed by atoms with Gasteiger partial charge in [0.05, 0.1) is 123 Å². The number of benzene rings is 6. The molecule has 0 radical (unpaired) electrons. The normalized spacial score (nSPS) is 25.9. The number of rotatable bonds is 29. The van der Waals surface area contributed by atoms with Gasteiger partial charge < -0.3 is 61.6 Å². The minimum Gasteiger partial charge on any atom is -0.497 e. The number of fused-ring (bicyclic) bond motifs is 1. The molecule has 0 bridgehead atoms. The Labute approximate surface area is 483 Å². The van der Waals surface area contributed by atoms with Gasteiger partial charge in [-0.1, -0.05) is 176 Å². The molecular weight excluding hydrogens is 1040 g/mol. The first kappa shape index (κ1) is 60.5. The lowest BCUT2D eigenvalue weighted by atomic mass is 9.82. The number of carbonyl (C=O) groups excluding carboxylic acids is 1. The quantitative estimate of drug-likeness (QED) is 0.0191. The number of hydrogen-bond donors (Lipinski definition) is 0. The van der Waals surface area contributed by atoms with Crippen molar-refractivity contribution >= 4 is 5.97 Å². The van der Waals surface area contributed by atoms with Crippen molar-refractivity contribution in [3.8, 4) is 5.75 Å². The molecule has 436 valence electrons. The van der Waals surface area contributed by atoms with E-state index in [0.717, 1.165) is 39.1 Å². The van der Waals surface area contributed by atoms with E-state index in [1.54, 1.807) is 7.11 Å². The van der Waals surface area contributed by atoms with Crippen molar-refractivity contribution in [2.24, 2.45) is 0 Å². The molecular formula is C68H80O14. The Balaban J connectivity index is 1.01. The molecule has 2 fully saturated rings. The molecule has 3 aliphatic rings. The van der Waals surface area contributed by atoms with E-state index in [9.17, 15) is 4.79 Å². The Morgan fingerprint density at radius 1 is 0.512 bits per heavy atom. The smallest absolute Gasteiger partial charge is 0.308 e. The molecule has 3 aliphatic heterocycles. The summed E-state index contributed by atoms with van der Waals surface area (Å²) in [5, 5.41) is 0. The number of esters is 1. The lowest BCUT2D eigenvalue weighted by Gasteiger charge is -2.50. The molecule has 6 aromatic rings. The van der Waals surface area contributed by atoms with E-state index in [1.807, 2.05) is 177 Å². The van der Waals surface area contributed by atoms with Gasteiger partial charge in [-0.3, -0.25) is 4.79 Å². The second kappa shape index (κ2) is 32.1. The van der Waals surface area contributed by atoms with Crippen LogP contribution in [-0.2, 0) is 101 Å². The Kier molecular flexibility index (Phi) is 23.7. The second-order valence-electron chi connectivity index (χ2n) is 21.2. The number of carbonyl (C=O) groups is 1. The second-order valence-corrected chi connectivity index (χ2v) is 21.2. The lowest BCUT2D eigenvalue weighted by molar-refractivity contribution is -0.284. The highest BCUT2D eigenvalue weighted by Gasteiger charge is 2.57. The average Bonchev–Trinajstić information content (AvgIpc) is 3.90. The van der Waals surface area contributed by atoms with Crippen LogP contribution in [0, 0.1) is 0 Å². The van der Waals surface area contributed by atoms with Crippen LogP contribution in [-0.4, -0.2) is 113 Å². The molecule has 14 nitrogen and oxygen atoms in total. The Morgan fingerprint density at radius 3 is 1.59 bits per heavy atom. The van der Waals surface area contributed by atoms with Crippen LogP contribution in [0.15, 0.2) is 188 Å². The molecule has 9 rings (SSSR count). The molecule has 82 heavy (non-hydrogen) atoms. The summed E-state index contributed by atoms with van der Waals surface area (Å²) in [6.07, 6.45) is -0.265. The molecule has 11 atom stereocenters. The highest BCUT2D eigenvalue weighted by atomic mass is 16.7. The van der Waals surface area contributed by atoms with Crippen LogP contribution in [0.5, 0.6) is 5.75 Å². The molecule has 2 saturated heterocycles. The van der Waals surface area contributed by atoms with E-state index < -0.39 is 66.5 Å². The van der Waals surface area contributed by atoms with Crippen molar-refractivity contribution in [2.75, 3.05) is 40.8 Å². The van der Waals surface area contributed by atoms with Crippen LogP contribution >= 0.6 is 0 Å². The summed E-state index contributed by atoms with van der Waals surface area (Å²) < 4.78 is 85.9. The van der Waals surface area contributed by atoms with Crippen LogP contribution in [0.2, 0.25) is 0 Å². The molecule has 0 spiro atoms. The van der Waals surface area contributed by atoms with E-state index in [2.05, 4.69) is 18.2 Å². The maximum atomic E-state index is 13.7. The van der Waals surface area contributed by atoms with E-state index in [4.69, 9.17) is 61.6 Å². The third kappa shape index (κ3) is 18.2. The summed E-state index contributed by atoms with van der Waals surface area (Å²) in [7, 11) is 3.03. The van der Waals surface area contributed by atoms with Crippen molar-refractivity contribution in [3.63, 3.8) is 0 Å². The third-order valence-corrected chi connectivity index (χ3v) is 15.3. The number of methoxy groups -OCH3 is 2. The van der Waals surface area contributed by atoms with E-state index in [0.29, 0.717) is 52.3 Å². The summed E-state index contributed by atoms with van der Waals surface area (Å²) in [6, 6.07) is 58.2. The Morgan fingerprint density at radius 2 is 1.02 bits per heavy atom. The van der Waals surface area contributed by atoms with Gasteiger partial charge in [0.25, 0.3) is 0 Å². The summed E-state index contributed by atoms with van der Waals surface area (Å²) in [4.78, 5) is 13.7. The maximum Gasteiger partial charge on any atom is 0.308 e.